The Bertz CT molecular complexity index is 285. The van der Waals surface area contributed by atoms with Gasteiger partial charge in [-0.25, -0.2) is 0 Å². The van der Waals surface area contributed by atoms with E-state index >= 15 is 0 Å². The van der Waals surface area contributed by atoms with Crippen molar-refractivity contribution in [2.24, 2.45) is 0 Å². The summed E-state index contributed by atoms with van der Waals surface area (Å²) in [5.74, 6) is -0.453. The summed E-state index contributed by atoms with van der Waals surface area (Å²) in [7, 11) is 0. The SMILES string of the molecule is CC(=O)NC(C)C(=O)NC1(CO)CCCCC1. The fourth-order valence-electron chi connectivity index (χ4n) is 2.29. The maximum Gasteiger partial charge on any atom is 0.242 e. The van der Waals surface area contributed by atoms with E-state index in [1.807, 2.05) is 0 Å². The first-order valence-corrected chi connectivity index (χ1v) is 6.19. The molecule has 0 aromatic rings. The van der Waals surface area contributed by atoms with E-state index in [2.05, 4.69) is 10.6 Å². The normalized spacial score (nSPS) is 20.4. The number of amides is 2. The van der Waals surface area contributed by atoms with Crippen LogP contribution in [0.4, 0.5) is 0 Å². The van der Waals surface area contributed by atoms with Crippen molar-refractivity contribution in [1.82, 2.24) is 10.6 Å². The van der Waals surface area contributed by atoms with Crippen LogP contribution in [0, 0.1) is 0 Å². The largest absolute Gasteiger partial charge is 0.394 e. The van der Waals surface area contributed by atoms with Gasteiger partial charge in [0.1, 0.15) is 6.04 Å². The van der Waals surface area contributed by atoms with E-state index in [0.717, 1.165) is 32.1 Å². The van der Waals surface area contributed by atoms with Gasteiger partial charge in [0.25, 0.3) is 0 Å². The van der Waals surface area contributed by atoms with E-state index in [9.17, 15) is 14.7 Å². The molecule has 0 aromatic heterocycles. The van der Waals surface area contributed by atoms with Crippen LogP contribution in [-0.4, -0.2) is 35.1 Å². The first-order chi connectivity index (χ1) is 7.99. The Kier molecular flexibility index (Phi) is 4.93. The lowest BCUT2D eigenvalue weighted by atomic mass is 9.82. The van der Waals surface area contributed by atoms with Crippen LogP contribution in [0.3, 0.4) is 0 Å². The van der Waals surface area contributed by atoms with Crippen molar-refractivity contribution in [2.75, 3.05) is 6.61 Å². The Balaban J connectivity index is 2.55. The van der Waals surface area contributed by atoms with E-state index in [1.165, 1.54) is 6.92 Å². The molecule has 0 aromatic carbocycles. The second-order valence-corrected chi connectivity index (χ2v) is 4.91. The van der Waals surface area contributed by atoms with E-state index in [1.54, 1.807) is 6.92 Å². The zero-order valence-corrected chi connectivity index (χ0v) is 10.6. The highest BCUT2D eigenvalue weighted by Gasteiger charge is 2.34. The fraction of sp³-hybridized carbons (Fsp3) is 0.833. The van der Waals surface area contributed by atoms with Gasteiger partial charge in [0.2, 0.25) is 11.8 Å². The Morgan fingerprint density at radius 3 is 2.35 bits per heavy atom. The molecule has 1 aliphatic carbocycles. The quantitative estimate of drug-likeness (QED) is 0.664. The summed E-state index contributed by atoms with van der Waals surface area (Å²) in [5.41, 5.74) is -0.484. The van der Waals surface area contributed by atoms with Crippen molar-refractivity contribution in [2.45, 2.75) is 57.5 Å². The van der Waals surface area contributed by atoms with E-state index in [-0.39, 0.29) is 18.4 Å². The molecule has 3 N–H and O–H groups in total. The van der Waals surface area contributed by atoms with Gasteiger partial charge in [0.05, 0.1) is 12.1 Å². The summed E-state index contributed by atoms with van der Waals surface area (Å²) >= 11 is 0. The second kappa shape index (κ2) is 6.00. The molecule has 0 heterocycles. The summed E-state index contributed by atoms with van der Waals surface area (Å²) in [6.45, 7) is 2.99. The van der Waals surface area contributed by atoms with Gasteiger partial charge in [0.15, 0.2) is 0 Å². The maximum atomic E-state index is 11.9. The van der Waals surface area contributed by atoms with Crippen LogP contribution in [0.15, 0.2) is 0 Å². The van der Waals surface area contributed by atoms with Crippen molar-refractivity contribution in [3.05, 3.63) is 0 Å². The van der Waals surface area contributed by atoms with Crippen LogP contribution in [-0.2, 0) is 9.59 Å². The average molecular weight is 242 g/mol. The molecule has 0 aliphatic heterocycles. The predicted octanol–water partition coefficient (Wildman–Crippen LogP) is 0.322. The lowest BCUT2D eigenvalue weighted by Crippen LogP contribution is -2.57. The zero-order valence-electron chi connectivity index (χ0n) is 10.6. The lowest BCUT2D eigenvalue weighted by Gasteiger charge is -2.37. The van der Waals surface area contributed by atoms with Crippen LogP contribution >= 0.6 is 0 Å². The summed E-state index contributed by atoms with van der Waals surface area (Å²) in [6.07, 6.45) is 4.81. The molecule has 1 unspecified atom stereocenters. The number of aliphatic hydroxyl groups excluding tert-OH is 1. The van der Waals surface area contributed by atoms with E-state index in [0.29, 0.717) is 0 Å². The van der Waals surface area contributed by atoms with Crippen molar-refractivity contribution >= 4 is 11.8 Å². The highest BCUT2D eigenvalue weighted by molar-refractivity contribution is 5.86. The Hall–Kier alpha value is -1.10. The summed E-state index contributed by atoms with van der Waals surface area (Å²) < 4.78 is 0. The number of aliphatic hydroxyl groups is 1. The topological polar surface area (TPSA) is 78.4 Å². The molecule has 17 heavy (non-hydrogen) atoms. The van der Waals surface area contributed by atoms with Gasteiger partial charge >= 0.3 is 0 Å². The molecule has 2 amide bonds. The molecule has 5 nitrogen and oxygen atoms in total. The molecule has 0 saturated heterocycles. The van der Waals surface area contributed by atoms with Crippen LogP contribution in [0.1, 0.15) is 46.0 Å². The minimum atomic E-state index is -0.558. The summed E-state index contributed by atoms with van der Waals surface area (Å²) in [6, 6.07) is -0.558. The minimum Gasteiger partial charge on any atom is -0.394 e. The number of hydrogen-bond acceptors (Lipinski definition) is 3. The molecule has 1 atom stereocenters. The van der Waals surface area contributed by atoms with Gasteiger partial charge in [-0.15, -0.1) is 0 Å². The van der Waals surface area contributed by atoms with Crippen LogP contribution in [0.5, 0.6) is 0 Å². The van der Waals surface area contributed by atoms with E-state index < -0.39 is 11.6 Å². The van der Waals surface area contributed by atoms with Crippen molar-refractivity contribution in [1.29, 1.82) is 0 Å². The minimum absolute atomic E-state index is 0.0362. The summed E-state index contributed by atoms with van der Waals surface area (Å²) in [4.78, 5) is 22.7. The van der Waals surface area contributed by atoms with Gasteiger partial charge in [-0.05, 0) is 19.8 Å². The van der Waals surface area contributed by atoms with Gasteiger partial charge in [-0.1, -0.05) is 19.3 Å². The van der Waals surface area contributed by atoms with Gasteiger partial charge in [0, 0.05) is 6.92 Å². The highest BCUT2D eigenvalue weighted by atomic mass is 16.3. The number of nitrogens with one attached hydrogen (secondary N) is 2. The number of rotatable bonds is 4. The van der Waals surface area contributed by atoms with Crippen molar-refractivity contribution in [3.63, 3.8) is 0 Å². The number of hydrogen-bond donors (Lipinski definition) is 3. The molecular weight excluding hydrogens is 220 g/mol. The molecule has 0 radical (unpaired) electrons. The van der Waals surface area contributed by atoms with Crippen LogP contribution < -0.4 is 10.6 Å². The molecule has 1 fully saturated rings. The number of carbonyl (C=O) groups is 2. The predicted molar refractivity (Wildman–Crippen MR) is 64.3 cm³/mol. The van der Waals surface area contributed by atoms with Gasteiger partial charge < -0.3 is 15.7 Å². The Morgan fingerprint density at radius 2 is 1.88 bits per heavy atom. The third-order valence-corrected chi connectivity index (χ3v) is 3.31. The van der Waals surface area contributed by atoms with Crippen molar-refractivity contribution < 1.29 is 14.7 Å². The highest BCUT2D eigenvalue weighted by Crippen LogP contribution is 2.27. The third-order valence-electron chi connectivity index (χ3n) is 3.31. The molecule has 98 valence electrons. The Morgan fingerprint density at radius 1 is 1.29 bits per heavy atom. The second-order valence-electron chi connectivity index (χ2n) is 4.91. The molecule has 1 rings (SSSR count). The summed E-state index contributed by atoms with van der Waals surface area (Å²) in [5, 5.41) is 14.9. The first kappa shape index (κ1) is 14.0. The standard InChI is InChI=1S/C12H22N2O3/c1-9(13-10(2)16)11(17)14-12(8-15)6-4-3-5-7-12/h9,15H,3-8H2,1-2H3,(H,13,16)(H,14,17). The monoisotopic (exact) mass is 242 g/mol. The van der Waals surface area contributed by atoms with Gasteiger partial charge in [-0.3, -0.25) is 9.59 Å². The smallest absolute Gasteiger partial charge is 0.242 e. The van der Waals surface area contributed by atoms with Crippen LogP contribution in [0.25, 0.3) is 0 Å². The van der Waals surface area contributed by atoms with Crippen molar-refractivity contribution in [3.8, 4) is 0 Å². The van der Waals surface area contributed by atoms with Crippen LogP contribution in [0.2, 0.25) is 0 Å². The first-order valence-electron chi connectivity index (χ1n) is 6.19. The maximum absolute atomic E-state index is 11.9. The van der Waals surface area contributed by atoms with Gasteiger partial charge in [-0.2, -0.15) is 0 Å². The average Bonchev–Trinajstić information content (AvgIpc) is 2.29. The molecule has 1 aliphatic rings. The molecular formula is C12H22N2O3. The molecule has 0 spiro atoms. The third kappa shape index (κ3) is 4.00. The number of carbonyl (C=O) groups excluding carboxylic acids is 2. The fourth-order valence-corrected chi connectivity index (χ4v) is 2.29. The lowest BCUT2D eigenvalue weighted by molar-refractivity contribution is -0.129. The molecule has 0 bridgehead atoms. The van der Waals surface area contributed by atoms with E-state index in [4.69, 9.17) is 0 Å². The molecule has 1 saturated carbocycles. The molecule has 5 heteroatoms. The Labute approximate surface area is 102 Å². The zero-order chi connectivity index (χ0) is 12.9.